The number of hydrogen-bond donors (Lipinski definition) is 0. The minimum atomic E-state index is 0.544. The molecule has 0 unspecified atom stereocenters. The van der Waals surface area contributed by atoms with Gasteiger partial charge in [-0.1, -0.05) is 0 Å². The van der Waals surface area contributed by atoms with Crippen molar-refractivity contribution in [1.29, 1.82) is 0 Å². The highest BCUT2D eigenvalue weighted by Gasteiger charge is 2.19. The van der Waals surface area contributed by atoms with Crippen LogP contribution in [-0.4, -0.2) is 49.5 Å². The third-order valence-corrected chi connectivity index (χ3v) is 2.58. The predicted molar refractivity (Wildman–Crippen MR) is 56.1 cm³/mol. The number of rotatable bonds is 1. The van der Waals surface area contributed by atoms with E-state index >= 15 is 0 Å². The van der Waals surface area contributed by atoms with Crippen molar-refractivity contribution in [2.75, 3.05) is 44.4 Å². The van der Waals surface area contributed by atoms with E-state index in [1.54, 1.807) is 6.20 Å². The molecule has 1 aromatic heterocycles. The van der Waals surface area contributed by atoms with Crippen molar-refractivity contribution in [1.82, 2.24) is 9.97 Å². The summed E-state index contributed by atoms with van der Waals surface area (Å²) in [4.78, 5) is 10.7. The number of ether oxygens (including phenoxy) is 3. The highest BCUT2D eigenvalue weighted by Crippen LogP contribution is 2.28. The molecule has 16 heavy (non-hydrogen) atoms. The molecule has 0 N–H and O–H groups in total. The van der Waals surface area contributed by atoms with Gasteiger partial charge >= 0.3 is 0 Å². The molecular formula is C10H13N3O3. The average Bonchev–Trinajstić information content (AvgIpc) is 2.39. The van der Waals surface area contributed by atoms with Crippen LogP contribution in [0.5, 0.6) is 11.6 Å². The van der Waals surface area contributed by atoms with E-state index in [-0.39, 0.29) is 0 Å². The Labute approximate surface area is 93.1 Å². The maximum atomic E-state index is 5.42. The summed E-state index contributed by atoms with van der Waals surface area (Å²) in [5, 5.41) is 0. The Morgan fingerprint density at radius 3 is 2.75 bits per heavy atom. The van der Waals surface area contributed by atoms with Gasteiger partial charge in [0.2, 0.25) is 5.95 Å². The van der Waals surface area contributed by atoms with Crippen molar-refractivity contribution in [3.63, 3.8) is 0 Å². The van der Waals surface area contributed by atoms with Gasteiger partial charge in [-0.3, -0.25) is 0 Å². The van der Waals surface area contributed by atoms with Gasteiger partial charge in [0, 0.05) is 13.1 Å². The summed E-state index contributed by atoms with van der Waals surface area (Å²) < 4.78 is 16.1. The Morgan fingerprint density at radius 1 is 1.06 bits per heavy atom. The summed E-state index contributed by atoms with van der Waals surface area (Å²) in [6.07, 6.45) is 1.67. The van der Waals surface area contributed by atoms with Crippen LogP contribution in [-0.2, 0) is 4.74 Å². The lowest BCUT2D eigenvalue weighted by atomic mass is 10.4. The summed E-state index contributed by atoms with van der Waals surface area (Å²) >= 11 is 0. The predicted octanol–water partition coefficient (Wildman–Crippen LogP) is 0.0844. The normalized spacial score (nSPS) is 19.6. The van der Waals surface area contributed by atoms with Gasteiger partial charge in [0.15, 0.2) is 5.75 Å². The fourth-order valence-corrected chi connectivity index (χ4v) is 1.75. The topological polar surface area (TPSA) is 56.7 Å². The summed E-state index contributed by atoms with van der Waals surface area (Å²) in [6, 6.07) is 0. The number of morpholine rings is 1. The van der Waals surface area contributed by atoms with E-state index in [0.717, 1.165) is 26.3 Å². The molecule has 0 radical (unpaired) electrons. The van der Waals surface area contributed by atoms with E-state index in [1.807, 2.05) is 0 Å². The number of fused-ring (bicyclic) bond motifs is 1. The van der Waals surface area contributed by atoms with Gasteiger partial charge in [0.1, 0.15) is 13.2 Å². The fraction of sp³-hybridized carbons (Fsp3) is 0.600. The zero-order valence-electron chi connectivity index (χ0n) is 8.89. The summed E-state index contributed by atoms with van der Waals surface area (Å²) in [7, 11) is 0. The van der Waals surface area contributed by atoms with Gasteiger partial charge in [0.25, 0.3) is 5.88 Å². The lowest BCUT2D eigenvalue weighted by Gasteiger charge is -2.27. The molecule has 0 aliphatic carbocycles. The minimum absolute atomic E-state index is 0.544. The van der Waals surface area contributed by atoms with Gasteiger partial charge in [-0.2, -0.15) is 4.98 Å². The molecule has 2 aliphatic heterocycles. The molecule has 0 bridgehead atoms. The first-order valence-corrected chi connectivity index (χ1v) is 5.39. The molecule has 6 nitrogen and oxygen atoms in total. The van der Waals surface area contributed by atoms with Crippen LogP contribution in [0.2, 0.25) is 0 Å². The van der Waals surface area contributed by atoms with Gasteiger partial charge < -0.3 is 19.1 Å². The van der Waals surface area contributed by atoms with Crippen LogP contribution in [0.1, 0.15) is 0 Å². The fourth-order valence-electron chi connectivity index (χ4n) is 1.75. The number of hydrogen-bond acceptors (Lipinski definition) is 6. The van der Waals surface area contributed by atoms with Crippen LogP contribution in [0.4, 0.5) is 5.95 Å². The lowest BCUT2D eigenvalue weighted by molar-refractivity contribution is 0.121. The quantitative estimate of drug-likeness (QED) is 0.672. The molecule has 0 aromatic carbocycles. The second kappa shape index (κ2) is 4.13. The van der Waals surface area contributed by atoms with Crippen molar-refractivity contribution in [2.45, 2.75) is 0 Å². The molecule has 1 aromatic rings. The maximum Gasteiger partial charge on any atom is 0.262 e. The highest BCUT2D eigenvalue weighted by molar-refractivity contribution is 5.40. The van der Waals surface area contributed by atoms with E-state index < -0.39 is 0 Å². The largest absolute Gasteiger partial charge is 0.483 e. The van der Waals surface area contributed by atoms with Crippen molar-refractivity contribution in [2.24, 2.45) is 0 Å². The smallest absolute Gasteiger partial charge is 0.262 e. The summed E-state index contributed by atoms with van der Waals surface area (Å²) in [6.45, 7) is 4.19. The van der Waals surface area contributed by atoms with E-state index in [0.29, 0.717) is 30.8 Å². The first kappa shape index (κ1) is 9.65. The molecule has 0 atom stereocenters. The van der Waals surface area contributed by atoms with Crippen LogP contribution in [0.25, 0.3) is 0 Å². The average molecular weight is 223 g/mol. The molecule has 3 rings (SSSR count). The Bertz CT molecular complexity index is 380. The molecule has 2 aliphatic rings. The van der Waals surface area contributed by atoms with Crippen LogP contribution in [0, 0.1) is 0 Å². The van der Waals surface area contributed by atoms with E-state index in [2.05, 4.69) is 14.9 Å². The Kier molecular flexibility index (Phi) is 2.49. The third-order valence-electron chi connectivity index (χ3n) is 2.58. The monoisotopic (exact) mass is 223 g/mol. The van der Waals surface area contributed by atoms with E-state index in [9.17, 15) is 0 Å². The molecule has 3 heterocycles. The van der Waals surface area contributed by atoms with Crippen LogP contribution < -0.4 is 14.4 Å². The molecule has 1 saturated heterocycles. The Morgan fingerprint density at radius 2 is 1.88 bits per heavy atom. The molecule has 0 amide bonds. The number of nitrogens with zero attached hydrogens (tertiary/aromatic N) is 3. The third kappa shape index (κ3) is 1.76. The molecule has 6 heteroatoms. The first-order chi connectivity index (χ1) is 7.93. The molecule has 86 valence electrons. The van der Waals surface area contributed by atoms with Crippen LogP contribution in [0.15, 0.2) is 6.20 Å². The van der Waals surface area contributed by atoms with Gasteiger partial charge in [0.05, 0.1) is 19.4 Å². The first-order valence-electron chi connectivity index (χ1n) is 5.39. The Balaban J connectivity index is 1.84. The standard InChI is InChI=1S/C10H13N3O3/c1-3-14-4-2-13(1)10-11-7-8-9(12-10)16-6-5-15-8/h7H,1-6H2. The van der Waals surface area contributed by atoms with Crippen molar-refractivity contribution < 1.29 is 14.2 Å². The zero-order valence-corrected chi connectivity index (χ0v) is 8.89. The molecule has 0 saturated carbocycles. The van der Waals surface area contributed by atoms with Crippen molar-refractivity contribution >= 4 is 5.95 Å². The Hall–Kier alpha value is -1.56. The van der Waals surface area contributed by atoms with E-state index in [1.165, 1.54) is 0 Å². The SMILES string of the molecule is c1nc(N2CCOCC2)nc2c1OCCO2. The summed E-state index contributed by atoms with van der Waals surface area (Å²) in [5.41, 5.74) is 0. The lowest BCUT2D eigenvalue weighted by Crippen LogP contribution is -2.37. The zero-order chi connectivity index (χ0) is 10.8. The van der Waals surface area contributed by atoms with Crippen LogP contribution >= 0.6 is 0 Å². The van der Waals surface area contributed by atoms with Gasteiger partial charge in [-0.05, 0) is 0 Å². The maximum absolute atomic E-state index is 5.42. The minimum Gasteiger partial charge on any atom is -0.483 e. The molecule has 1 fully saturated rings. The second-order valence-electron chi connectivity index (χ2n) is 3.64. The highest BCUT2D eigenvalue weighted by atomic mass is 16.6. The second-order valence-corrected chi connectivity index (χ2v) is 3.64. The number of anilines is 1. The van der Waals surface area contributed by atoms with Crippen molar-refractivity contribution in [3.05, 3.63) is 6.20 Å². The van der Waals surface area contributed by atoms with Gasteiger partial charge in [-0.25, -0.2) is 4.98 Å². The summed E-state index contributed by atoms with van der Waals surface area (Å²) in [5.74, 6) is 1.86. The van der Waals surface area contributed by atoms with Crippen LogP contribution in [0.3, 0.4) is 0 Å². The molecule has 0 spiro atoms. The van der Waals surface area contributed by atoms with Crippen molar-refractivity contribution in [3.8, 4) is 11.6 Å². The number of aromatic nitrogens is 2. The molecular weight excluding hydrogens is 210 g/mol. The van der Waals surface area contributed by atoms with E-state index in [4.69, 9.17) is 14.2 Å². The van der Waals surface area contributed by atoms with Gasteiger partial charge in [-0.15, -0.1) is 0 Å².